The number of benzene rings is 1. The van der Waals surface area contributed by atoms with Crippen molar-refractivity contribution in [3.05, 3.63) is 39.8 Å². The second kappa shape index (κ2) is 9.45. The van der Waals surface area contributed by atoms with Crippen molar-refractivity contribution in [2.45, 2.75) is 20.3 Å². The normalized spacial score (nSPS) is 10.4. The van der Waals surface area contributed by atoms with Crippen LogP contribution in [0.3, 0.4) is 0 Å². The average molecular weight is 357 g/mol. The summed E-state index contributed by atoms with van der Waals surface area (Å²) in [5.41, 5.74) is 3.99. The molecule has 1 N–H and O–H groups in total. The van der Waals surface area contributed by atoms with Crippen LogP contribution in [-0.2, 0) is 11.2 Å². The minimum Gasteiger partial charge on any atom is -0.490 e. The number of amides is 1. The van der Waals surface area contributed by atoms with Crippen molar-refractivity contribution in [2.75, 3.05) is 13.2 Å². The molecule has 130 valence electrons. The molecule has 0 atom stereocenters. The van der Waals surface area contributed by atoms with Crippen molar-refractivity contribution in [1.29, 1.82) is 0 Å². The quantitative estimate of drug-likeness (QED) is 0.448. The van der Waals surface area contributed by atoms with E-state index in [4.69, 9.17) is 15.9 Å². The Kier molecular flexibility index (Phi) is 6.99. The fourth-order valence-electron chi connectivity index (χ4n) is 1.98. The number of terminal acetylenes is 1. The number of aryl methyl sites for hydroxylation is 1. The highest BCUT2D eigenvalue weighted by Crippen LogP contribution is 2.27. The van der Waals surface area contributed by atoms with Crippen molar-refractivity contribution >= 4 is 23.5 Å². The molecule has 0 unspecified atom stereocenters. The predicted molar refractivity (Wildman–Crippen MR) is 98.2 cm³/mol. The van der Waals surface area contributed by atoms with Gasteiger partial charge in [-0.1, -0.05) is 5.92 Å². The first-order valence-electron chi connectivity index (χ1n) is 7.68. The summed E-state index contributed by atoms with van der Waals surface area (Å²) in [5, 5.41) is 6.76. The Labute approximate surface area is 150 Å². The van der Waals surface area contributed by atoms with Crippen LogP contribution in [0.4, 0.5) is 0 Å². The lowest BCUT2D eigenvalue weighted by Crippen LogP contribution is -2.19. The van der Waals surface area contributed by atoms with Gasteiger partial charge < -0.3 is 9.47 Å². The third-order valence-corrected chi connectivity index (χ3v) is 3.81. The number of nitrogens with zero attached hydrogens (tertiary/aromatic N) is 2. The molecule has 0 aliphatic rings. The van der Waals surface area contributed by atoms with E-state index in [2.05, 4.69) is 21.4 Å². The summed E-state index contributed by atoms with van der Waals surface area (Å²) in [7, 11) is 0. The summed E-state index contributed by atoms with van der Waals surface area (Å²) in [4.78, 5) is 16.1. The topological polar surface area (TPSA) is 72.8 Å². The Balaban J connectivity index is 1.96. The maximum absolute atomic E-state index is 11.8. The fraction of sp³-hybridized carbons (Fsp3) is 0.278. The number of thiazole rings is 1. The van der Waals surface area contributed by atoms with Gasteiger partial charge >= 0.3 is 0 Å². The largest absolute Gasteiger partial charge is 0.490 e. The van der Waals surface area contributed by atoms with Crippen LogP contribution in [0.5, 0.6) is 11.5 Å². The minimum absolute atomic E-state index is 0.166. The Morgan fingerprint density at radius 2 is 2.28 bits per heavy atom. The number of ether oxygens (including phenoxy) is 2. The van der Waals surface area contributed by atoms with E-state index in [0.717, 1.165) is 16.3 Å². The van der Waals surface area contributed by atoms with E-state index in [1.54, 1.807) is 18.2 Å². The molecule has 0 radical (unpaired) electrons. The lowest BCUT2D eigenvalue weighted by atomic mass is 10.2. The number of rotatable bonds is 8. The number of carbonyl (C=O) groups is 1. The van der Waals surface area contributed by atoms with Crippen LogP contribution < -0.4 is 14.9 Å². The maximum atomic E-state index is 11.8. The van der Waals surface area contributed by atoms with Gasteiger partial charge in [0, 0.05) is 5.38 Å². The van der Waals surface area contributed by atoms with Crippen LogP contribution in [0.15, 0.2) is 28.7 Å². The summed E-state index contributed by atoms with van der Waals surface area (Å²) >= 11 is 1.51. The highest BCUT2D eigenvalue weighted by Gasteiger charge is 2.07. The van der Waals surface area contributed by atoms with Crippen molar-refractivity contribution in [2.24, 2.45) is 5.10 Å². The van der Waals surface area contributed by atoms with E-state index in [1.165, 1.54) is 17.6 Å². The molecule has 1 aromatic carbocycles. The summed E-state index contributed by atoms with van der Waals surface area (Å²) in [6.07, 6.45) is 6.94. The van der Waals surface area contributed by atoms with E-state index < -0.39 is 0 Å². The molecule has 1 heterocycles. The first-order valence-corrected chi connectivity index (χ1v) is 8.56. The van der Waals surface area contributed by atoms with Gasteiger partial charge in [-0.15, -0.1) is 17.8 Å². The van der Waals surface area contributed by atoms with Gasteiger partial charge in [0.15, 0.2) is 11.5 Å². The van der Waals surface area contributed by atoms with E-state index in [1.807, 2.05) is 19.2 Å². The highest BCUT2D eigenvalue weighted by molar-refractivity contribution is 7.09. The predicted octanol–water partition coefficient (Wildman–Crippen LogP) is 2.56. The molecule has 2 aromatic rings. The van der Waals surface area contributed by atoms with Crippen LogP contribution in [-0.4, -0.2) is 30.3 Å². The molecule has 0 bridgehead atoms. The van der Waals surface area contributed by atoms with Crippen molar-refractivity contribution in [3.8, 4) is 23.8 Å². The second-order valence-corrected chi connectivity index (χ2v) is 6.02. The molecule has 2 rings (SSSR count). The van der Waals surface area contributed by atoms with E-state index in [0.29, 0.717) is 18.1 Å². The number of carbonyl (C=O) groups excluding carboxylic acids is 1. The first kappa shape index (κ1) is 18.5. The van der Waals surface area contributed by atoms with Gasteiger partial charge in [0.1, 0.15) is 6.61 Å². The molecular weight excluding hydrogens is 338 g/mol. The van der Waals surface area contributed by atoms with Crippen LogP contribution in [0, 0.1) is 19.3 Å². The fourth-order valence-corrected chi connectivity index (χ4v) is 2.60. The van der Waals surface area contributed by atoms with Crippen molar-refractivity contribution < 1.29 is 14.3 Å². The van der Waals surface area contributed by atoms with Crippen LogP contribution in [0.1, 0.15) is 23.2 Å². The van der Waals surface area contributed by atoms with E-state index >= 15 is 0 Å². The van der Waals surface area contributed by atoms with Gasteiger partial charge in [-0.3, -0.25) is 4.79 Å². The van der Waals surface area contributed by atoms with Crippen LogP contribution >= 0.6 is 11.3 Å². The van der Waals surface area contributed by atoms with E-state index in [9.17, 15) is 4.79 Å². The van der Waals surface area contributed by atoms with Gasteiger partial charge in [0.25, 0.3) is 0 Å². The molecule has 0 fully saturated rings. The number of hydrogen-bond acceptors (Lipinski definition) is 6. The van der Waals surface area contributed by atoms with Gasteiger partial charge in [0.2, 0.25) is 5.91 Å². The minimum atomic E-state index is -0.222. The average Bonchev–Trinajstić information content (AvgIpc) is 2.99. The summed E-state index contributed by atoms with van der Waals surface area (Å²) < 4.78 is 11.0. The first-order chi connectivity index (χ1) is 12.1. The molecule has 1 amide bonds. The number of hydrogen-bond donors (Lipinski definition) is 1. The molecule has 0 aliphatic heterocycles. The van der Waals surface area contributed by atoms with Crippen molar-refractivity contribution in [1.82, 2.24) is 10.4 Å². The number of hydrazone groups is 1. The monoisotopic (exact) mass is 357 g/mol. The molecular formula is C18H19N3O3S. The standard InChI is InChI=1S/C18H19N3O3S/c1-4-8-24-16-7-6-14(9-17(16)23-5-2)11-19-21-18(22)10-15-12-25-13(3)20-15/h1,6-7,9,11-12H,5,8,10H2,2-3H3,(H,21,22)/b19-11-. The summed E-state index contributed by atoms with van der Waals surface area (Å²) in [5.74, 6) is 3.33. The molecule has 7 heteroatoms. The Hall–Kier alpha value is -2.85. The third-order valence-electron chi connectivity index (χ3n) is 2.99. The zero-order valence-corrected chi connectivity index (χ0v) is 14.9. The Morgan fingerprint density at radius 3 is 2.96 bits per heavy atom. The zero-order chi connectivity index (χ0) is 18.1. The lowest BCUT2D eigenvalue weighted by molar-refractivity contribution is -0.120. The molecule has 1 aromatic heterocycles. The molecule has 0 aliphatic carbocycles. The molecule has 25 heavy (non-hydrogen) atoms. The summed E-state index contributed by atoms with van der Waals surface area (Å²) in [6.45, 7) is 4.44. The summed E-state index contributed by atoms with van der Waals surface area (Å²) in [6, 6.07) is 5.33. The second-order valence-electron chi connectivity index (χ2n) is 4.96. The molecule has 6 nitrogen and oxygen atoms in total. The van der Waals surface area contributed by atoms with E-state index in [-0.39, 0.29) is 18.9 Å². The van der Waals surface area contributed by atoms with Crippen LogP contribution in [0.2, 0.25) is 0 Å². The number of nitrogens with one attached hydrogen (secondary N) is 1. The van der Waals surface area contributed by atoms with Gasteiger partial charge in [0.05, 0.1) is 29.9 Å². The Morgan fingerprint density at radius 1 is 1.44 bits per heavy atom. The molecule has 0 saturated carbocycles. The Bertz CT molecular complexity index is 793. The zero-order valence-electron chi connectivity index (χ0n) is 14.1. The van der Waals surface area contributed by atoms with Gasteiger partial charge in [-0.05, 0) is 37.6 Å². The highest BCUT2D eigenvalue weighted by atomic mass is 32.1. The van der Waals surface area contributed by atoms with Gasteiger partial charge in [-0.2, -0.15) is 5.10 Å². The third kappa shape index (κ3) is 5.94. The molecule has 0 spiro atoms. The van der Waals surface area contributed by atoms with Crippen LogP contribution in [0.25, 0.3) is 0 Å². The smallest absolute Gasteiger partial charge is 0.246 e. The lowest BCUT2D eigenvalue weighted by Gasteiger charge is -2.10. The maximum Gasteiger partial charge on any atom is 0.246 e. The van der Waals surface area contributed by atoms with Crippen molar-refractivity contribution in [3.63, 3.8) is 0 Å². The van der Waals surface area contributed by atoms with Gasteiger partial charge in [-0.25, -0.2) is 10.4 Å². The number of aromatic nitrogens is 1. The molecule has 0 saturated heterocycles. The SMILES string of the molecule is C#CCOc1ccc(/C=N\NC(=O)Cc2csc(C)n2)cc1OCC.